The Morgan fingerprint density at radius 3 is 2.76 bits per heavy atom. The second kappa shape index (κ2) is 5.82. The van der Waals surface area contributed by atoms with Gasteiger partial charge in [-0.2, -0.15) is 0 Å². The number of furan rings is 1. The zero-order chi connectivity index (χ0) is 17.4. The summed E-state index contributed by atoms with van der Waals surface area (Å²) in [5.74, 6) is 0.115. The van der Waals surface area contributed by atoms with E-state index >= 15 is 0 Å². The van der Waals surface area contributed by atoms with Gasteiger partial charge in [-0.25, -0.2) is 4.79 Å². The highest BCUT2D eigenvalue weighted by Gasteiger charge is 2.36. The van der Waals surface area contributed by atoms with Crippen LogP contribution < -0.4 is 14.8 Å². The number of fused-ring (bicyclic) bond motifs is 1. The molecule has 0 aliphatic carbocycles. The molecular formula is C17H12N2O6. The van der Waals surface area contributed by atoms with Crippen molar-refractivity contribution in [3.63, 3.8) is 0 Å². The van der Waals surface area contributed by atoms with Gasteiger partial charge in [0.25, 0.3) is 11.8 Å². The fourth-order valence-corrected chi connectivity index (χ4v) is 2.57. The molecule has 8 nitrogen and oxygen atoms in total. The Kier molecular flexibility index (Phi) is 3.50. The van der Waals surface area contributed by atoms with Crippen LogP contribution in [0.3, 0.4) is 0 Å². The Labute approximate surface area is 141 Å². The number of hydrogen-bond donors (Lipinski definition) is 1. The molecule has 0 radical (unpaired) electrons. The number of nitrogens with one attached hydrogen (secondary N) is 1. The van der Waals surface area contributed by atoms with Crippen LogP contribution in [0.25, 0.3) is 6.08 Å². The topological polar surface area (TPSA) is 98.1 Å². The van der Waals surface area contributed by atoms with Crippen molar-refractivity contribution in [2.45, 2.75) is 6.54 Å². The Bertz CT molecular complexity index is 900. The lowest BCUT2D eigenvalue weighted by Crippen LogP contribution is -2.53. The van der Waals surface area contributed by atoms with E-state index in [4.69, 9.17) is 13.9 Å². The number of ether oxygens (including phenoxy) is 2. The second-order valence-corrected chi connectivity index (χ2v) is 5.40. The molecule has 1 aromatic carbocycles. The van der Waals surface area contributed by atoms with E-state index < -0.39 is 17.8 Å². The molecule has 1 aromatic heterocycles. The number of amides is 4. The Morgan fingerprint density at radius 1 is 1.12 bits per heavy atom. The molecule has 1 N–H and O–H groups in total. The first-order chi connectivity index (χ1) is 12.1. The summed E-state index contributed by atoms with van der Waals surface area (Å²) < 4.78 is 15.7. The molecule has 0 unspecified atom stereocenters. The summed E-state index contributed by atoms with van der Waals surface area (Å²) in [6.07, 6.45) is 2.84. The van der Waals surface area contributed by atoms with Crippen molar-refractivity contribution >= 4 is 23.9 Å². The minimum Gasteiger partial charge on any atom is -0.467 e. The summed E-state index contributed by atoms with van der Waals surface area (Å²) >= 11 is 0. The number of rotatable bonds is 3. The molecule has 25 heavy (non-hydrogen) atoms. The van der Waals surface area contributed by atoms with Gasteiger partial charge in [0.05, 0.1) is 12.8 Å². The van der Waals surface area contributed by atoms with Crippen molar-refractivity contribution in [1.29, 1.82) is 0 Å². The summed E-state index contributed by atoms with van der Waals surface area (Å²) in [4.78, 5) is 37.5. The zero-order valence-electron chi connectivity index (χ0n) is 12.9. The first kappa shape index (κ1) is 15.0. The minimum absolute atomic E-state index is 0.0660. The highest BCUT2D eigenvalue weighted by Crippen LogP contribution is 2.33. The van der Waals surface area contributed by atoms with E-state index in [1.807, 2.05) is 0 Å². The number of nitrogens with zero attached hydrogens (tertiary/aromatic N) is 1. The summed E-state index contributed by atoms with van der Waals surface area (Å²) in [5.41, 5.74) is 0.431. The number of urea groups is 1. The lowest BCUT2D eigenvalue weighted by Gasteiger charge is -2.25. The van der Waals surface area contributed by atoms with Crippen molar-refractivity contribution < 1.29 is 28.3 Å². The molecular weight excluding hydrogens is 328 g/mol. The van der Waals surface area contributed by atoms with Crippen molar-refractivity contribution in [2.75, 3.05) is 6.79 Å². The Balaban J connectivity index is 1.64. The maximum Gasteiger partial charge on any atom is 0.331 e. The number of carbonyl (C=O) groups excluding carboxylic acids is 3. The third kappa shape index (κ3) is 2.74. The van der Waals surface area contributed by atoms with Crippen molar-refractivity contribution in [3.8, 4) is 11.5 Å². The van der Waals surface area contributed by atoms with Gasteiger partial charge in [-0.15, -0.1) is 0 Å². The number of benzene rings is 1. The molecule has 4 amide bonds. The smallest absolute Gasteiger partial charge is 0.331 e. The van der Waals surface area contributed by atoms with Crippen molar-refractivity contribution in [3.05, 3.63) is 53.5 Å². The van der Waals surface area contributed by atoms with E-state index in [1.165, 1.54) is 12.3 Å². The van der Waals surface area contributed by atoms with Crippen LogP contribution in [-0.4, -0.2) is 29.5 Å². The van der Waals surface area contributed by atoms with Gasteiger partial charge >= 0.3 is 6.03 Å². The predicted octanol–water partition coefficient (Wildman–Crippen LogP) is 1.67. The lowest BCUT2D eigenvalue weighted by atomic mass is 10.1. The fourth-order valence-electron chi connectivity index (χ4n) is 2.57. The first-order valence-corrected chi connectivity index (χ1v) is 7.43. The zero-order valence-corrected chi connectivity index (χ0v) is 12.9. The summed E-state index contributed by atoms with van der Waals surface area (Å²) in [6.45, 7) is 0.0592. The van der Waals surface area contributed by atoms with Crippen molar-refractivity contribution in [1.82, 2.24) is 10.2 Å². The summed E-state index contributed by atoms with van der Waals surface area (Å²) in [5, 5.41) is 2.16. The minimum atomic E-state index is -0.783. The number of carbonyl (C=O) groups is 3. The standard InChI is InChI=1S/C17H12N2O6/c20-15-12(6-10-3-4-13-14(7-10)25-9-24-13)16(21)19(17(22)18-15)8-11-2-1-5-23-11/h1-7H,8-9H2,(H,18,20,22)/b12-6-. The summed E-state index contributed by atoms with van der Waals surface area (Å²) in [7, 11) is 0. The molecule has 1 fully saturated rings. The quantitative estimate of drug-likeness (QED) is 0.674. The predicted molar refractivity (Wildman–Crippen MR) is 83.3 cm³/mol. The van der Waals surface area contributed by atoms with Gasteiger partial charge in [0, 0.05) is 0 Å². The van der Waals surface area contributed by atoms with Crippen LogP contribution in [-0.2, 0) is 16.1 Å². The van der Waals surface area contributed by atoms with Crippen LogP contribution >= 0.6 is 0 Å². The molecule has 2 aliphatic rings. The van der Waals surface area contributed by atoms with E-state index in [9.17, 15) is 14.4 Å². The molecule has 2 aliphatic heterocycles. The number of barbiturate groups is 1. The molecule has 0 bridgehead atoms. The van der Waals surface area contributed by atoms with E-state index in [0.29, 0.717) is 22.8 Å². The molecule has 1 saturated heterocycles. The highest BCUT2D eigenvalue weighted by atomic mass is 16.7. The average Bonchev–Trinajstić information content (AvgIpc) is 3.26. The van der Waals surface area contributed by atoms with Crippen LogP contribution in [0, 0.1) is 0 Å². The Morgan fingerprint density at radius 2 is 1.96 bits per heavy atom. The van der Waals surface area contributed by atoms with Gasteiger partial charge in [0.2, 0.25) is 6.79 Å². The van der Waals surface area contributed by atoms with Crippen LogP contribution in [0.2, 0.25) is 0 Å². The van der Waals surface area contributed by atoms with E-state index in [0.717, 1.165) is 4.90 Å². The monoisotopic (exact) mass is 340 g/mol. The molecule has 2 aromatic rings. The lowest BCUT2D eigenvalue weighted by molar-refractivity contribution is -0.130. The summed E-state index contributed by atoms with van der Waals surface area (Å²) in [6, 6.07) is 7.53. The molecule has 0 saturated carbocycles. The van der Waals surface area contributed by atoms with Crippen LogP contribution in [0.15, 0.2) is 46.6 Å². The molecule has 4 rings (SSSR count). The van der Waals surface area contributed by atoms with Gasteiger partial charge in [-0.3, -0.25) is 19.8 Å². The third-order valence-corrected chi connectivity index (χ3v) is 3.79. The first-order valence-electron chi connectivity index (χ1n) is 7.43. The van der Waals surface area contributed by atoms with Gasteiger partial charge in [-0.1, -0.05) is 6.07 Å². The van der Waals surface area contributed by atoms with E-state index in [-0.39, 0.29) is 18.9 Å². The number of hydrogen-bond acceptors (Lipinski definition) is 6. The van der Waals surface area contributed by atoms with Crippen LogP contribution in [0.5, 0.6) is 11.5 Å². The van der Waals surface area contributed by atoms with Gasteiger partial charge in [0.15, 0.2) is 11.5 Å². The second-order valence-electron chi connectivity index (χ2n) is 5.40. The van der Waals surface area contributed by atoms with Crippen molar-refractivity contribution in [2.24, 2.45) is 0 Å². The van der Waals surface area contributed by atoms with Crippen LogP contribution in [0.4, 0.5) is 4.79 Å². The largest absolute Gasteiger partial charge is 0.467 e. The fraction of sp³-hybridized carbons (Fsp3) is 0.118. The third-order valence-electron chi connectivity index (χ3n) is 3.79. The molecule has 0 atom stereocenters. The normalized spacial score (nSPS) is 18.0. The van der Waals surface area contributed by atoms with E-state index in [2.05, 4.69) is 5.32 Å². The van der Waals surface area contributed by atoms with Gasteiger partial charge in [0.1, 0.15) is 11.3 Å². The van der Waals surface area contributed by atoms with Crippen LogP contribution in [0.1, 0.15) is 11.3 Å². The molecule has 8 heteroatoms. The molecule has 126 valence electrons. The average molecular weight is 340 g/mol. The highest BCUT2D eigenvalue weighted by molar-refractivity contribution is 6.30. The number of imide groups is 2. The molecule has 3 heterocycles. The van der Waals surface area contributed by atoms with Gasteiger partial charge in [-0.05, 0) is 35.9 Å². The maximum atomic E-state index is 12.6. The molecule has 0 spiro atoms. The SMILES string of the molecule is O=C1NC(=O)N(Cc2ccco2)C(=O)/C1=C\c1ccc2c(c1)OCO2. The van der Waals surface area contributed by atoms with Gasteiger partial charge < -0.3 is 13.9 Å². The maximum absolute atomic E-state index is 12.6. The van der Waals surface area contributed by atoms with E-state index in [1.54, 1.807) is 30.3 Å². The Hall–Kier alpha value is -3.55.